The van der Waals surface area contributed by atoms with Crippen LogP contribution in [0.2, 0.25) is 0 Å². The van der Waals surface area contributed by atoms with Crippen LogP contribution in [0, 0.1) is 0 Å². The van der Waals surface area contributed by atoms with Crippen molar-refractivity contribution in [2.45, 2.75) is 6.04 Å². The molecule has 1 amide bonds. The summed E-state index contributed by atoms with van der Waals surface area (Å²) >= 11 is 0. The number of nitrogens with two attached hydrogens (primary N) is 1. The van der Waals surface area contributed by atoms with Crippen molar-refractivity contribution in [1.29, 1.82) is 0 Å². The first kappa shape index (κ1) is 23.7. The van der Waals surface area contributed by atoms with E-state index >= 15 is 0 Å². The molecule has 0 aliphatic rings. The van der Waals surface area contributed by atoms with Crippen LogP contribution in [0.5, 0.6) is 17.2 Å². The van der Waals surface area contributed by atoms with Gasteiger partial charge < -0.3 is 35.1 Å². The Morgan fingerprint density at radius 3 is 2.19 bits per heavy atom. The molecule has 0 aromatic heterocycles. The minimum atomic E-state index is -1.01. The van der Waals surface area contributed by atoms with Crippen molar-refractivity contribution in [3.8, 4) is 17.2 Å². The molecule has 0 saturated heterocycles. The molecule has 0 heterocycles. The lowest BCUT2D eigenvalue weighted by atomic mass is 10.1. The zero-order valence-electron chi connectivity index (χ0n) is 17.4. The predicted molar refractivity (Wildman–Crippen MR) is 115 cm³/mol. The number of aliphatic hydroxyl groups is 1. The van der Waals surface area contributed by atoms with E-state index < -0.39 is 24.7 Å². The van der Waals surface area contributed by atoms with Crippen LogP contribution in [0.3, 0.4) is 0 Å². The lowest BCUT2D eigenvalue weighted by Gasteiger charge is -2.10. The molecule has 9 nitrogen and oxygen atoms in total. The Hall–Kier alpha value is -3.56. The summed E-state index contributed by atoms with van der Waals surface area (Å²) in [7, 11) is 3.18. The Kier molecular flexibility index (Phi) is 9.34. The van der Waals surface area contributed by atoms with E-state index in [-0.39, 0.29) is 13.2 Å². The van der Waals surface area contributed by atoms with Gasteiger partial charge in [-0.1, -0.05) is 24.3 Å². The van der Waals surface area contributed by atoms with Gasteiger partial charge in [0.15, 0.2) is 0 Å². The van der Waals surface area contributed by atoms with E-state index in [0.717, 1.165) is 11.1 Å². The summed E-state index contributed by atoms with van der Waals surface area (Å²) in [6, 6.07) is 11.4. The predicted octanol–water partition coefficient (Wildman–Crippen LogP) is 1.83. The van der Waals surface area contributed by atoms with Gasteiger partial charge in [-0.2, -0.15) is 0 Å². The Balaban J connectivity index is 1.83. The first-order valence-corrected chi connectivity index (χ1v) is 9.45. The molecule has 166 valence electrons. The highest BCUT2D eigenvalue weighted by atomic mass is 16.7. The first-order valence-electron chi connectivity index (χ1n) is 9.45. The van der Waals surface area contributed by atoms with Gasteiger partial charge in [0.25, 0.3) is 0 Å². The van der Waals surface area contributed by atoms with Crippen LogP contribution in [-0.2, 0) is 9.53 Å². The third-order valence-corrected chi connectivity index (χ3v) is 4.08. The number of hydrogen-bond donors (Lipinski definition) is 3. The number of hydrogen-bond acceptors (Lipinski definition) is 8. The molecular weight excluding hydrogens is 404 g/mol. The SMILES string of the molecule is COc1cc(C=Cc2ccc(OC(=O)OCCNC(=O)C(N)CO)cc2)cc(OC)c1. The smallest absolute Gasteiger partial charge is 0.497 e. The molecule has 0 aliphatic heterocycles. The molecule has 0 saturated carbocycles. The van der Waals surface area contributed by atoms with E-state index in [1.54, 1.807) is 44.6 Å². The zero-order chi connectivity index (χ0) is 22.6. The van der Waals surface area contributed by atoms with Crippen LogP contribution in [0.15, 0.2) is 42.5 Å². The summed E-state index contributed by atoms with van der Waals surface area (Å²) in [5, 5.41) is 11.2. The third kappa shape index (κ3) is 8.00. The van der Waals surface area contributed by atoms with Gasteiger partial charge in [-0.15, -0.1) is 0 Å². The van der Waals surface area contributed by atoms with Crippen LogP contribution >= 0.6 is 0 Å². The maximum absolute atomic E-state index is 11.7. The van der Waals surface area contributed by atoms with Gasteiger partial charge in [0, 0.05) is 6.07 Å². The monoisotopic (exact) mass is 430 g/mol. The molecule has 4 N–H and O–H groups in total. The van der Waals surface area contributed by atoms with Crippen molar-refractivity contribution < 1.29 is 33.6 Å². The number of nitrogens with one attached hydrogen (secondary N) is 1. The van der Waals surface area contributed by atoms with E-state index in [4.69, 9.17) is 29.8 Å². The maximum atomic E-state index is 11.7. The normalized spacial score (nSPS) is 11.6. The lowest BCUT2D eigenvalue weighted by molar-refractivity contribution is -0.123. The number of rotatable bonds is 10. The average molecular weight is 430 g/mol. The molecule has 0 radical (unpaired) electrons. The number of carbonyl (C=O) groups is 2. The molecule has 0 fully saturated rings. The minimum absolute atomic E-state index is 0.0560. The van der Waals surface area contributed by atoms with Crippen LogP contribution in [0.4, 0.5) is 4.79 Å². The van der Waals surface area contributed by atoms with Crippen molar-refractivity contribution in [1.82, 2.24) is 5.32 Å². The summed E-state index contributed by atoms with van der Waals surface area (Å²) in [4.78, 5) is 23.1. The number of ether oxygens (including phenoxy) is 4. The van der Waals surface area contributed by atoms with Gasteiger partial charge in [0.2, 0.25) is 5.91 Å². The van der Waals surface area contributed by atoms with E-state index in [2.05, 4.69) is 5.32 Å². The standard InChI is InChI=1S/C22H26N2O7/c1-28-18-11-16(12-19(13-18)29-2)4-3-15-5-7-17(8-6-15)31-22(27)30-10-9-24-21(26)20(23)14-25/h3-8,11-13,20,25H,9-10,14,23H2,1-2H3,(H,24,26). The van der Waals surface area contributed by atoms with E-state index in [1.165, 1.54) is 0 Å². The molecule has 0 spiro atoms. The van der Waals surface area contributed by atoms with Crippen LogP contribution in [0.1, 0.15) is 11.1 Å². The van der Waals surface area contributed by atoms with E-state index in [1.807, 2.05) is 24.3 Å². The second kappa shape index (κ2) is 12.2. The molecule has 2 aromatic rings. The van der Waals surface area contributed by atoms with Crippen molar-refractivity contribution in [3.63, 3.8) is 0 Å². The molecule has 1 unspecified atom stereocenters. The van der Waals surface area contributed by atoms with Gasteiger partial charge in [-0.05, 0) is 35.4 Å². The molecule has 31 heavy (non-hydrogen) atoms. The van der Waals surface area contributed by atoms with Gasteiger partial charge in [0.1, 0.15) is 29.9 Å². The van der Waals surface area contributed by atoms with Gasteiger partial charge in [-0.3, -0.25) is 4.79 Å². The molecule has 9 heteroatoms. The summed E-state index contributed by atoms with van der Waals surface area (Å²) in [6.07, 6.45) is 2.91. The van der Waals surface area contributed by atoms with Gasteiger partial charge >= 0.3 is 6.16 Å². The molecule has 0 bridgehead atoms. The summed E-state index contributed by atoms with van der Waals surface area (Å²) in [6.45, 7) is -0.498. The van der Waals surface area contributed by atoms with Crippen molar-refractivity contribution in [2.75, 3.05) is 34.0 Å². The second-order valence-corrected chi connectivity index (χ2v) is 6.33. The largest absolute Gasteiger partial charge is 0.513 e. The molecule has 2 aromatic carbocycles. The zero-order valence-corrected chi connectivity index (χ0v) is 17.4. The van der Waals surface area contributed by atoms with E-state index in [0.29, 0.717) is 17.2 Å². The lowest BCUT2D eigenvalue weighted by Crippen LogP contribution is -2.44. The first-order chi connectivity index (χ1) is 14.9. The maximum Gasteiger partial charge on any atom is 0.513 e. The fourth-order valence-corrected chi connectivity index (χ4v) is 2.41. The summed E-state index contributed by atoms with van der Waals surface area (Å²) in [5.74, 6) is 1.17. The van der Waals surface area contributed by atoms with Crippen molar-refractivity contribution >= 4 is 24.2 Å². The second-order valence-electron chi connectivity index (χ2n) is 6.33. The van der Waals surface area contributed by atoms with Crippen molar-refractivity contribution in [3.05, 3.63) is 53.6 Å². The van der Waals surface area contributed by atoms with Crippen LogP contribution < -0.4 is 25.3 Å². The number of aliphatic hydroxyl groups excluding tert-OH is 1. The van der Waals surface area contributed by atoms with Crippen LogP contribution in [0.25, 0.3) is 12.2 Å². The Bertz CT molecular complexity index is 875. The Morgan fingerprint density at radius 1 is 1.00 bits per heavy atom. The highest BCUT2D eigenvalue weighted by molar-refractivity contribution is 5.81. The highest BCUT2D eigenvalue weighted by Crippen LogP contribution is 2.24. The Labute approximate surface area is 180 Å². The fourth-order valence-electron chi connectivity index (χ4n) is 2.41. The number of carbonyl (C=O) groups excluding carboxylic acids is 2. The molecule has 1 atom stereocenters. The molecule has 0 aliphatic carbocycles. The minimum Gasteiger partial charge on any atom is -0.497 e. The highest BCUT2D eigenvalue weighted by Gasteiger charge is 2.11. The molecular formula is C22H26N2O7. The number of methoxy groups -OCH3 is 2. The quantitative estimate of drug-likeness (QED) is 0.225. The van der Waals surface area contributed by atoms with E-state index in [9.17, 15) is 9.59 Å². The van der Waals surface area contributed by atoms with Crippen LogP contribution in [-0.4, -0.2) is 57.2 Å². The van der Waals surface area contributed by atoms with Gasteiger partial charge in [0.05, 0.1) is 27.4 Å². The summed E-state index contributed by atoms with van der Waals surface area (Å²) in [5.41, 5.74) is 7.15. The van der Waals surface area contributed by atoms with Crippen molar-refractivity contribution in [2.24, 2.45) is 5.73 Å². The third-order valence-electron chi connectivity index (χ3n) is 4.08. The Morgan fingerprint density at radius 2 is 1.61 bits per heavy atom. The van der Waals surface area contributed by atoms with Gasteiger partial charge in [-0.25, -0.2) is 4.79 Å². The topological polar surface area (TPSA) is 129 Å². The number of amides is 1. The summed E-state index contributed by atoms with van der Waals surface area (Å²) < 4.78 is 20.5. The average Bonchev–Trinajstić information content (AvgIpc) is 2.80. The fraction of sp³-hybridized carbons (Fsp3) is 0.273. The molecule has 2 rings (SSSR count). The number of benzene rings is 2.